The fraction of sp³-hybridized carbons (Fsp3) is 0.562. The fourth-order valence-electron chi connectivity index (χ4n) is 2.95. The van der Waals surface area contributed by atoms with E-state index in [1.54, 1.807) is 12.4 Å². The zero-order valence-corrected chi connectivity index (χ0v) is 12.6. The molecule has 3 heterocycles. The van der Waals surface area contributed by atoms with Crippen LogP contribution in [0, 0.1) is 5.92 Å². The molecule has 1 N–H and O–H groups in total. The second kappa shape index (κ2) is 6.80. The lowest BCUT2D eigenvalue weighted by atomic mass is 9.92. The van der Waals surface area contributed by atoms with E-state index in [4.69, 9.17) is 0 Å². The van der Waals surface area contributed by atoms with Gasteiger partial charge < -0.3 is 5.32 Å². The first-order valence-corrected chi connectivity index (χ1v) is 7.90. The Kier molecular flexibility index (Phi) is 4.60. The quantitative estimate of drug-likeness (QED) is 0.916. The molecular weight excluding hydrogens is 262 g/mol. The summed E-state index contributed by atoms with van der Waals surface area (Å²) >= 11 is 0. The van der Waals surface area contributed by atoms with Crippen molar-refractivity contribution in [2.45, 2.75) is 39.2 Å². The van der Waals surface area contributed by atoms with Gasteiger partial charge in [0, 0.05) is 30.7 Å². The van der Waals surface area contributed by atoms with Crippen LogP contribution in [0.2, 0.25) is 0 Å². The normalized spacial score (nSPS) is 16.2. The minimum atomic E-state index is 0.715. The second-order valence-corrected chi connectivity index (χ2v) is 5.74. The number of hydrogen-bond acceptors (Lipinski definition) is 4. The molecule has 0 radical (unpaired) electrons. The van der Waals surface area contributed by atoms with Crippen molar-refractivity contribution in [3.8, 4) is 11.3 Å². The second-order valence-electron chi connectivity index (χ2n) is 5.74. The van der Waals surface area contributed by atoms with E-state index < -0.39 is 0 Å². The first-order chi connectivity index (χ1) is 10.4. The molecule has 0 aromatic carbocycles. The van der Waals surface area contributed by atoms with E-state index in [0.717, 1.165) is 49.4 Å². The topological polar surface area (TPSA) is 55.6 Å². The number of nitrogens with one attached hydrogen (secondary N) is 1. The van der Waals surface area contributed by atoms with Crippen LogP contribution in [0.4, 0.5) is 0 Å². The first kappa shape index (κ1) is 14.2. The van der Waals surface area contributed by atoms with Crippen LogP contribution in [-0.4, -0.2) is 32.8 Å². The van der Waals surface area contributed by atoms with Crippen LogP contribution in [0.3, 0.4) is 0 Å². The molecule has 3 rings (SSSR count). The summed E-state index contributed by atoms with van der Waals surface area (Å²) in [6.45, 7) is 5.35. The van der Waals surface area contributed by atoms with Gasteiger partial charge in [-0.1, -0.05) is 6.92 Å². The summed E-state index contributed by atoms with van der Waals surface area (Å²) in [4.78, 5) is 9.14. The first-order valence-electron chi connectivity index (χ1n) is 7.90. The molecule has 0 saturated carbocycles. The number of aromatic nitrogens is 4. The molecule has 5 heteroatoms. The van der Waals surface area contributed by atoms with Crippen molar-refractivity contribution >= 4 is 0 Å². The summed E-state index contributed by atoms with van der Waals surface area (Å²) in [6, 6.07) is 0. The van der Waals surface area contributed by atoms with E-state index in [1.807, 2.05) is 10.9 Å². The molecule has 0 atom stereocenters. The predicted octanol–water partition coefficient (Wildman–Crippen LogP) is 2.29. The average molecular weight is 285 g/mol. The van der Waals surface area contributed by atoms with E-state index in [9.17, 15) is 0 Å². The Morgan fingerprint density at radius 1 is 1.24 bits per heavy atom. The van der Waals surface area contributed by atoms with Crippen molar-refractivity contribution in [3.05, 3.63) is 30.5 Å². The Labute approximate surface area is 125 Å². The summed E-state index contributed by atoms with van der Waals surface area (Å²) in [5, 5.41) is 7.82. The number of hydrogen-bond donors (Lipinski definition) is 1. The van der Waals surface area contributed by atoms with Gasteiger partial charge in [-0.05, 0) is 44.7 Å². The predicted molar refractivity (Wildman–Crippen MR) is 82.8 cm³/mol. The zero-order chi connectivity index (χ0) is 14.5. The molecule has 112 valence electrons. The van der Waals surface area contributed by atoms with Crippen molar-refractivity contribution in [2.24, 2.45) is 5.92 Å². The third-order valence-corrected chi connectivity index (χ3v) is 4.07. The maximum atomic E-state index is 4.58. The number of nitrogens with zero attached hydrogens (tertiary/aromatic N) is 4. The Morgan fingerprint density at radius 3 is 2.86 bits per heavy atom. The molecule has 0 aliphatic carbocycles. The van der Waals surface area contributed by atoms with Crippen LogP contribution >= 0.6 is 0 Å². The third-order valence-electron chi connectivity index (χ3n) is 4.07. The van der Waals surface area contributed by atoms with Crippen molar-refractivity contribution < 1.29 is 0 Å². The van der Waals surface area contributed by atoms with E-state index >= 15 is 0 Å². The van der Waals surface area contributed by atoms with Crippen molar-refractivity contribution in [1.82, 2.24) is 25.1 Å². The maximum absolute atomic E-state index is 4.58. The number of aryl methyl sites for hydroxylation is 1. The van der Waals surface area contributed by atoms with Crippen LogP contribution in [0.5, 0.6) is 0 Å². The molecule has 0 spiro atoms. The largest absolute Gasteiger partial charge is 0.317 e. The van der Waals surface area contributed by atoms with Gasteiger partial charge in [-0.2, -0.15) is 5.10 Å². The Morgan fingerprint density at radius 2 is 2.05 bits per heavy atom. The molecule has 21 heavy (non-hydrogen) atoms. The monoisotopic (exact) mass is 285 g/mol. The van der Waals surface area contributed by atoms with Gasteiger partial charge in [-0.15, -0.1) is 0 Å². The highest BCUT2D eigenvalue weighted by atomic mass is 15.3. The van der Waals surface area contributed by atoms with Gasteiger partial charge in [0.1, 0.15) is 0 Å². The molecule has 0 bridgehead atoms. The maximum Gasteiger partial charge on any atom is 0.0948 e. The van der Waals surface area contributed by atoms with Gasteiger partial charge in [0.05, 0.1) is 17.6 Å². The molecule has 1 aliphatic heterocycles. The summed E-state index contributed by atoms with van der Waals surface area (Å²) < 4.78 is 1.98. The van der Waals surface area contributed by atoms with Crippen LogP contribution in [0.1, 0.15) is 31.9 Å². The third kappa shape index (κ3) is 3.47. The lowest BCUT2D eigenvalue weighted by molar-refractivity contribution is 0.370. The van der Waals surface area contributed by atoms with Gasteiger partial charge in [0.2, 0.25) is 0 Å². The number of piperidine rings is 1. The van der Waals surface area contributed by atoms with E-state index in [0.29, 0.717) is 5.92 Å². The molecule has 1 aliphatic rings. The van der Waals surface area contributed by atoms with Crippen molar-refractivity contribution in [2.75, 3.05) is 13.1 Å². The number of rotatable bonds is 5. The molecule has 0 unspecified atom stereocenters. The molecule has 1 fully saturated rings. The molecular formula is C16H23N5. The standard InChI is InChI=1S/C16H23N5/c1-2-9-21-12-14(11-20-21)16-15(18-7-8-19-16)10-13-3-5-17-6-4-13/h7-8,11-13,17H,2-6,9-10H2,1H3. The van der Waals surface area contributed by atoms with Gasteiger partial charge >= 0.3 is 0 Å². The van der Waals surface area contributed by atoms with Crippen LogP contribution in [0.15, 0.2) is 24.8 Å². The fourth-order valence-corrected chi connectivity index (χ4v) is 2.95. The SMILES string of the molecule is CCCn1cc(-c2nccnc2CC2CCNCC2)cn1. The van der Waals surface area contributed by atoms with Crippen LogP contribution in [-0.2, 0) is 13.0 Å². The smallest absolute Gasteiger partial charge is 0.0948 e. The summed E-state index contributed by atoms with van der Waals surface area (Å²) in [6.07, 6.45) is 12.1. The van der Waals surface area contributed by atoms with E-state index in [1.165, 1.54) is 12.8 Å². The van der Waals surface area contributed by atoms with Gasteiger partial charge in [0.15, 0.2) is 0 Å². The van der Waals surface area contributed by atoms with E-state index in [-0.39, 0.29) is 0 Å². The average Bonchev–Trinajstić information content (AvgIpc) is 2.98. The van der Waals surface area contributed by atoms with E-state index in [2.05, 4.69) is 33.5 Å². The highest BCUT2D eigenvalue weighted by Gasteiger charge is 2.18. The lowest BCUT2D eigenvalue weighted by Gasteiger charge is -2.22. The molecule has 2 aromatic rings. The van der Waals surface area contributed by atoms with Gasteiger partial charge in [-0.3, -0.25) is 14.6 Å². The highest BCUT2D eigenvalue weighted by Crippen LogP contribution is 2.24. The molecule has 2 aromatic heterocycles. The van der Waals surface area contributed by atoms with Crippen molar-refractivity contribution in [1.29, 1.82) is 0 Å². The molecule has 5 nitrogen and oxygen atoms in total. The summed E-state index contributed by atoms with van der Waals surface area (Å²) in [5.74, 6) is 0.715. The Balaban J connectivity index is 1.80. The summed E-state index contributed by atoms with van der Waals surface area (Å²) in [7, 11) is 0. The van der Waals surface area contributed by atoms with Crippen LogP contribution < -0.4 is 5.32 Å². The Bertz CT molecular complexity index is 572. The lowest BCUT2D eigenvalue weighted by Crippen LogP contribution is -2.29. The summed E-state index contributed by atoms with van der Waals surface area (Å²) in [5.41, 5.74) is 3.19. The highest BCUT2D eigenvalue weighted by molar-refractivity contribution is 5.59. The minimum absolute atomic E-state index is 0.715. The molecule has 0 amide bonds. The van der Waals surface area contributed by atoms with Crippen LogP contribution in [0.25, 0.3) is 11.3 Å². The Hall–Kier alpha value is -1.75. The molecule has 1 saturated heterocycles. The minimum Gasteiger partial charge on any atom is -0.317 e. The van der Waals surface area contributed by atoms with Crippen molar-refractivity contribution in [3.63, 3.8) is 0 Å². The van der Waals surface area contributed by atoms with Gasteiger partial charge in [-0.25, -0.2) is 0 Å². The van der Waals surface area contributed by atoms with Gasteiger partial charge in [0.25, 0.3) is 0 Å². The zero-order valence-electron chi connectivity index (χ0n) is 12.6.